The molecule has 0 aromatic heterocycles. The predicted octanol–water partition coefficient (Wildman–Crippen LogP) is 1.41. The van der Waals surface area contributed by atoms with Crippen LogP contribution in [0.2, 0.25) is 0 Å². The lowest BCUT2D eigenvalue weighted by molar-refractivity contribution is -0.140. The summed E-state index contributed by atoms with van der Waals surface area (Å²) in [6.07, 6.45) is -7.59. The second-order valence-electron chi connectivity index (χ2n) is 4.17. The molecule has 0 saturated carbocycles. The molecule has 0 aliphatic rings. The van der Waals surface area contributed by atoms with Crippen LogP contribution in [0.1, 0.15) is 23.7 Å². The summed E-state index contributed by atoms with van der Waals surface area (Å²) in [4.78, 5) is 0. The van der Waals surface area contributed by atoms with E-state index < -0.39 is 35.3 Å². The van der Waals surface area contributed by atoms with Crippen molar-refractivity contribution in [3.05, 3.63) is 29.3 Å². The van der Waals surface area contributed by atoms with Crippen molar-refractivity contribution in [2.24, 2.45) is 0 Å². The zero-order valence-electron chi connectivity index (χ0n) is 10.3. The molecular weight excluding hydrogens is 263 g/mol. The van der Waals surface area contributed by atoms with E-state index in [1.54, 1.807) is 7.05 Å². The number of benzene rings is 1. The Morgan fingerprint density at radius 2 is 1.89 bits per heavy atom. The SMILES string of the molecule is CNCCC(O)C(O)c1ccc(O)cc1C(F)(F)F. The standard InChI is InChI=1S/C12H16F3NO3/c1-16-5-4-10(18)11(19)8-3-2-7(17)6-9(8)12(13,14)15/h2-3,6,10-11,16-19H,4-5H2,1H3. The maximum absolute atomic E-state index is 12.8. The van der Waals surface area contributed by atoms with Crippen molar-refractivity contribution >= 4 is 0 Å². The zero-order valence-corrected chi connectivity index (χ0v) is 10.3. The van der Waals surface area contributed by atoms with Gasteiger partial charge in [-0.15, -0.1) is 0 Å². The van der Waals surface area contributed by atoms with Crippen LogP contribution < -0.4 is 5.32 Å². The Kier molecular flexibility index (Phi) is 5.16. The van der Waals surface area contributed by atoms with Gasteiger partial charge in [0.2, 0.25) is 0 Å². The maximum atomic E-state index is 12.8. The monoisotopic (exact) mass is 279 g/mol. The highest BCUT2D eigenvalue weighted by molar-refractivity contribution is 5.38. The minimum atomic E-state index is -4.71. The summed E-state index contributed by atoms with van der Waals surface area (Å²) >= 11 is 0. The topological polar surface area (TPSA) is 72.7 Å². The molecule has 0 fully saturated rings. The van der Waals surface area contributed by atoms with Gasteiger partial charge in [0.15, 0.2) is 0 Å². The van der Waals surface area contributed by atoms with E-state index in [-0.39, 0.29) is 6.42 Å². The first-order valence-corrected chi connectivity index (χ1v) is 5.68. The molecule has 0 aliphatic carbocycles. The Balaban J connectivity index is 3.05. The molecule has 0 bridgehead atoms. The Hall–Kier alpha value is -1.31. The van der Waals surface area contributed by atoms with Gasteiger partial charge in [-0.25, -0.2) is 0 Å². The summed E-state index contributed by atoms with van der Waals surface area (Å²) in [5, 5.41) is 31.3. The first kappa shape index (κ1) is 15.7. The predicted molar refractivity (Wildman–Crippen MR) is 62.6 cm³/mol. The van der Waals surface area contributed by atoms with Gasteiger partial charge >= 0.3 is 6.18 Å². The highest BCUT2D eigenvalue weighted by atomic mass is 19.4. The molecule has 108 valence electrons. The van der Waals surface area contributed by atoms with Crippen LogP contribution in [-0.2, 0) is 6.18 Å². The molecule has 4 N–H and O–H groups in total. The molecule has 1 aromatic rings. The van der Waals surface area contributed by atoms with Crippen molar-refractivity contribution < 1.29 is 28.5 Å². The number of hydrogen-bond donors (Lipinski definition) is 4. The highest BCUT2D eigenvalue weighted by Gasteiger charge is 2.36. The second kappa shape index (κ2) is 6.23. The van der Waals surface area contributed by atoms with Gasteiger partial charge in [-0.05, 0) is 37.7 Å². The van der Waals surface area contributed by atoms with Crippen LogP contribution in [0.15, 0.2) is 18.2 Å². The maximum Gasteiger partial charge on any atom is 0.416 e. The van der Waals surface area contributed by atoms with Crippen LogP contribution in [0, 0.1) is 0 Å². The zero-order chi connectivity index (χ0) is 14.6. The lowest BCUT2D eigenvalue weighted by Crippen LogP contribution is -2.25. The van der Waals surface area contributed by atoms with E-state index in [2.05, 4.69) is 5.32 Å². The molecule has 1 aromatic carbocycles. The smallest absolute Gasteiger partial charge is 0.416 e. The summed E-state index contributed by atoms with van der Waals surface area (Å²) in [5.74, 6) is -0.548. The molecule has 1 rings (SSSR count). The second-order valence-corrected chi connectivity index (χ2v) is 4.17. The Morgan fingerprint density at radius 1 is 1.26 bits per heavy atom. The first-order chi connectivity index (χ1) is 8.77. The number of rotatable bonds is 5. The van der Waals surface area contributed by atoms with Crippen molar-refractivity contribution in [2.45, 2.75) is 24.8 Å². The molecule has 2 unspecified atom stereocenters. The first-order valence-electron chi connectivity index (χ1n) is 5.68. The van der Waals surface area contributed by atoms with Crippen molar-refractivity contribution in [1.82, 2.24) is 5.32 Å². The third kappa shape index (κ3) is 4.09. The fourth-order valence-electron chi connectivity index (χ4n) is 1.71. The van der Waals surface area contributed by atoms with Gasteiger partial charge in [-0.2, -0.15) is 13.2 Å². The van der Waals surface area contributed by atoms with E-state index >= 15 is 0 Å². The Bertz CT molecular complexity index is 423. The minimum Gasteiger partial charge on any atom is -0.508 e. The van der Waals surface area contributed by atoms with E-state index in [0.717, 1.165) is 12.1 Å². The third-order valence-corrected chi connectivity index (χ3v) is 2.72. The van der Waals surface area contributed by atoms with Crippen LogP contribution in [0.5, 0.6) is 5.75 Å². The van der Waals surface area contributed by atoms with Crippen LogP contribution >= 0.6 is 0 Å². The number of phenols is 1. The number of aromatic hydroxyl groups is 1. The van der Waals surface area contributed by atoms with Gasteiger partial charge in [-0.1, -0.05) is 6.07 Å². The van der Waals surface area contributed by atoms with Crippen molar-refractivity contribution in [3.63, 3.8) is 0 Å². The minimum absolute atomic E-state index is 0.107. The molecule has 7 heteroatoms. The van der Waals surface area contributed by atoms with Gasteiger partial charge in [0.25, 0.3) is 0 Å². The molecule has 0 spiro atoms. The lowest BCUT2D eigenvalue weighted by Gasteiger charge is -2.22. The number of nitrogens with one attached hydrogen (secondary N) is 1. The molecule has 0 saturated heterocycles. The van der Waals surface area contributed by atoms with Crippen LogP contribution in [0.25, 0.3) is 0 Å². The van der Waals surface area contributed by atoms with Gasteiger partial charge in [0.1, 0.15) is 11.9 Å². The molecule has 19 heavy (non-hydrogen) atoms. The van der Waals surface area contributed by atoms with E-state index in [0.29, 0.717) is 12.6 Å². The number of phenolic OH excluding ortho intramolecular Hbond substituents is 1. The molecule has 2 atom stereocenters. The number of hydrogen-bond acceptors (Lipinski definition) is 4. The summed E-state index contributed by atoms with van der Waals surface area (Å²) in [7, 11) is 1.63. The quantitative estimate of drug-likeness (QED) is 0.657. The number of halogens is 3. The number of aliphatic hydroxyl groups is 2. The van der Waals surface area contributed by atoms with Crippen molar-refractivity contribution in [2.75, 3.05) is 13.6 Å². The van der Waals surface area contributed by atoms with Crippen LogP contribution in [0.4, 0.5) is 13.2 Å². The molecular formula is C12H16F3NO3. The van der Waals surface area contributed by atoms with Crippen LogP contribution in [-0.4, -0.2) is 35.0 Å². The van der Waals surface area contributed by atoms with Gasteiger partial charge in [-0.3, -0.25) is 0 Å². The van der Waals surface area contributed by atoms with E-state index in [1.165, 1.54) is 0 Å². The van der Waals surface area contributed by atoms with E-state index in [4.69, 9.17) is 5.11 Å². The Labute approximate surface area is 108 Å². The van der Waals surface area contributed by atoms with Gasteiger partial charge < -0.3 is 20.6 Å². The van der Waals surface area contributed by atoms with E-state index in [1.807, 2.05) is 0 Å². The fourth-order valence-corrected chi connectivity index (χ4v) is 1.71. The molecule has 0 amide bonds. The van der Waals surface area contributed by atoms with Crippen molar-refractivity contribution in [1.29, 1.82) is 0 Å². The normalized spacial score (nSPS) is 15.3. The lowest BCUT2D eigenvalue weighted by atomic mass is 9.96. The van der Waals surface area contributed by atoms with E-state index in [9.17, 15) is 23.4 Å². The number of aliphatic hydroxyl groups excluding tert-OH is 2. The average Bonchev–Trinajstić information content (AvgIpc) is 2.34. The van der Waals surface area contributed by atoms with Gasteiger partial charge in [0.05, 0.1) is 11.7 Å². The average molecular weight is 279 g/mol. The highest BCUT2D eigenvalue weighted by Crippen LogP contribution is 2.37. The molecule has 4 nitrogen and oxygen atoms in total. The number of alkyl halides is 3. The molecule has 0 aliphatic heterocycles. The Morgan fingerprint density at radius 3 is 2.42 bits per heavy atom. The van der Waals surface area contributed by atoms with Gasteiger partial charge in [0, 0.05) is 0 Å². The molecule has 0 radical (unpaired) electrons. The largest absolute Gasteiger partial charge is 0.508 e. The van der Waals surface area contributed by atoms with Crippen molar-refractivity contribution in [3.8, 4) is 5.75 Å². The fraction of sp³-hybridized carbons (Fsp3) is 0.500. The summed E-state index contributed by atoms with van der Waals surface area (Å²) in [5.41, 5.74) is -1.60. The third-order valence-electron chi connectivity index (χ3n) is 2.72. The summed E-state index contributed by atoms with van der Waals surface area (Å²) in [6, 6.07) is 2.54. The van der Waals surface area contributed by atoms with Crippen LogP contribution in [0.3, 0.4) is 0 Å². The molecule has 0 heterocycles. The summed E-state index contributed by atoms with van der Waals surface area (Å²) in [6.45, 7) is 0.359. The summed E-state index contributed by atoms with van der Waals surface area (Å²) < 4.78 is 38.4.